The van der Waals surface area contributed by atoms with Gasteiger partial charge in [-0.2, -0.15) is 0 Å². The third kappa shape index (κ3) is 3.53. The van der Waals surface area contributed by atoms with E-state index in [0.29, 0.717) is 0 Å². The largest absolute Gasteiger partial charge is 0.314 e. The molecule has 2 rings (SSSR count). The van der Waals surface area contributed by atoms with E-state index in [1.54, 1.807) is 0 Å². The van der Waals surface area contributed by atoms with Gasteiger partial charge in [0.05, 0.1) is 12.2 Å². The Labute approximate surface area is 110 Å². The third-order valence-corrected chi connectivity index (χ3v) is 3.78. The van der Waals surface area contributed by atoms with Crippen LogP contribution in [-0.4, -0.2) is 46.1 Å². The molecule has 1 aromatic rings. The van der Waals surface area contributed by atoms with Crippen LogP contribution in [0.25, 0.3) is 0 Å². The molecule has 0 spiro atoms. The minimum absolute atomic E-state index is 0.777. The number of nitrogens with zero attached hydrogens (tertiary/aromatic N) is 4. The van der Waals surface area contributed by atoms with Gasteiger partial charge in [0.15, 0.2) is 0 Å². The summed E-state index contributed by atoms with van der Waals surface area (Å²) in [4.78, 5) is 2.61. The van der Waals surface area contributed by atoms with Gasteiger partial charge in [-0.15, -0.1) is 5.10 Å². The van der Waals surface area contributed by atoms with Crippen molar-refractivity contribution >= 4 is 0 Å². The van der Waals surface area contributed by atoms with Gasteiger partial charge in [-0.1, -0.05) is 18.6 Å². The first-order valence-corrected chi connectivity index (χ1v) is 7.11. The number of nitrogens with one attached hydrogen (secondary N) is 1. The summed E-state index contributed by atoms with van der Waals surface area (Å²) in [5.74, 6) is 0. The van der Waals surface area contributed by atoms with Gasteiger partial charge in [-0.25, -0.2) is 0 Å². The molecule has 1 fully saturated rings. The number of rotatable bonds is 6. The first-order chi connectivity index (χ1) is 8.83. The lowest BCUT2D eigenvalue weighted by molar-refractivity contribution is 0.137. The lowest BCUT2D eigenvalue weighted by atomic mass is 10.0. The lowest BCUT2D eigenvalue weighted by Gasteiger charge is -2.35. The van der Waals surface area contributed by atoms with Crippen molar-refractivity contribution < 1.29 is 0 Å². The van der Waals surface area contributed by atoms with E-state index < -0.39 is 0 Å². The SMILES string of the molecule is CCC1CCCCN1CCn1cc(CNC)nn1. The Balaban J connectivity index is 1.81. The van der Waals surface area contributed by atoms with Gasteiger partial charge in [0.1, 0.15) is 0 Å². The normalized spacial score (nSPS) is 21.3. The van der Waals surface area contributed by atoms with E-state index in [1.807, 2.05) is 17.9 Å². The van der Waals surface area contributed by atoms with E-state index in [-0.39, 0.29) is 0 Å². The Bertz CT molecular complexity index is 349. The molecule has 0 radical (unpaired) electrons. The average Bonchev–Trinajstić information content (AvgIpc) is 2.85. The van der Waals surface area contributed by atoms with Gasteiger partial charge >= 0.3 is 0 Å². The van der Waals surface area contributed by atoms with Crippen LogP contribution in [0.3, 0.4) is 0 Å². The molecule has 0 amide bonds. The molecule has 1 unspecified atom stereocenters. The Morgan fingerprint density at radius 1 is 1.39 bits per heavy atom. The van der Waals surface area contributed by atoms with Crippen LogP contribution in [-0.2, 0) is 13.1 Å². The second-order valence-corrected chi connectivity index (χ2v) is 5.10. The van der Waals surface area contributed by atoms with Crippen molar-refractivity contribution in [2.75, 3.05) is 20.1 Å². The fourth-order valence-corrected chi connectivity index (χ4v) is 2.76. The summed E-state index contributed by atoms with van der Waals surface area (Å²) in [6, 6.07) is 0.777. The van der Waals surface area contributed by atoms with Crippen molar-refractivity contribution in [2.24, 2.45) is 0 Å². The van der Waals surface area contributed by atoms with Crippen molar-refractivity contribution in [3.8, 4) is 0 Å². The summed E-state index contributed by atoms with van der Waals surface area (Å²) >= 11 is 0. The molecule has 0 aliphatic carbocycles. The fourth-order valence-electron chi connectivity index (χ4n) is 2.76. The maximum atomic E-state index is 4.17. The minimum Gasteiger partial charge on any atom is -0.314 e. The van der Waals surface area contributed by atoms with Crippen LogP contribution in [0.5, 0.6) is 0 Å². The molecule has 2 heterocycles. The van der Waals surface area contributed by atoms with Crippen LogP contribution >= 0.6 is 0 Å². The van der Waals surface area contributed by atoms with Gasteiger partial charge in [0.2, 0.25) is 0 Å². The second kappa shape index (κ2) is 6.85. The van der Waals surface area contributed by atoms with Crippen LogP contribution in [0.2, 0.25) is 0 Å². The number of hydrogen-bond donors (Lipinski definition) is 1. The maximum Gasteiger partial charge on any atom is 0.0964 e. The number of likely N-dealkylation sites (tertiary alicyclic amines) is 1. The van der Waals surface area contributed by atoms with Crippen molar-refractivity contribution in [2.45, 2.75) is 51.7 Å². The molecule has 102 valence electrons. The van der Waals surface area contributed by atoms with Crippen LogP contribution in [0.4, 0.5) is 0 Å². The predicted molar refractivity (Wildman–Crippen MR) is 72.3 cm³/mol. The van der Waals surface area contributed by atoms with Crippen LogP contribution in [0, 0.1) is 0 Å². The summed E-state index contributed by atoms with van der Waals surface area (Å²) in [5.41, 5.74) is 1.02. The average molecular weight is 251 g/mol. The zero-order valence-corrected chi connectivity index (χ0v) is 11.6. The highest BCUT2D eigenvalue weighted by atomic mass is 15.4. The molecule has 1 N–H and O–H groups in total. The van der Waals surface area contributed by atoms with Crippen molar-refractivity contribution in [1.82, 2.24) is 25.2 Å². The van der Waals surface area contributed by atoms with E-state index in [0.717, 1.165) is 31.4 Å². The Morgan fingerprint density at radius 2 is 2.28 bits per heavy atom. The van der Waals surface area contributed by atoms with Gasteiger partial charge in [0.25, 0.3) is 0 Å². The highest BCUT2D eigenvalue weighted by Crippen LogP contribution is 2.18. The molecule has 0 saturated carbocycles. The topological polar surface area (TPSA) is 46.0 Å². The molecule has 0 aromatic carbocycles. The quantitative estimate of drug-likeness (QED) is 0.827. The Kier molecular flexibility index (Phi) is 5.13. The second-order valence-electron chi connectivity index (χ2n) is 5.10. The summed E-state index contributed by atoms with van der Waals surface area (Å²) < 4.78 is 1.97. The molecular formula is C13H25N5. The zero-order chi connectivity index (χ0) is 12.8. The fraction of sp³-hybridized carbons (Fsp3) is 0.846. The summed E-state index contributed by atoms with van der Waals surface area (Å²) in [7, 11) is 1.93. The molecular weight excluding hydrogens is 226 g/mol. The third-order valence-electron chi connectivity index (χ3n) is 3.78. The molecule has 1 atom stereocenters. The van der Waals surface area contributed by atoms with E-state index in [2.05, 4.69) is 27.5 Å². The maximum absolute atomic E-state index is 4.17. The van der Waals surface area contributed by atoms with Gasteiger partial charge < -0.3 is 5.32 Å². The summed E-state index contributed by atoms with van der Waals surface area (Å²) in [5, 5.41) is 11.4. The molecule has 1 saturated heterocycles. The molecule has 1 aliphatic heterocycles. The smallest absolute Gasteiger partial charge is 0.0964 e. The van der Waals surface area contributed by atoms with Crippen LogP contribution in [0.1, 0.15) is 38.3 Å². The highest BCUT2D eigenvalue weighted by molar-refractivity contribution is 4.91. The molecule has 18 heavy (non-hydrogen) atoms. The Hall–Kier alpha value is -0.940. The van der Waals surface area contributed by atoms with Crippen molar-refractivity contribution in [3.05, 3.63) is 11.9 Å². The first kappa shape index (κ1) is 13.5. The standard InChI is InChI=1S/C13H25N5/c1-3-13-6-4-5-7-17(13)8-9-18-11-12(10-14-2)15-16-18/h11,13-14H,3-10H2,1-2H3. The molecule has 5 nitrogen and oxygen atoms in total. The van der Waals surface area contributed by atoms with Crippen molar-refractivity contribution in [1.29, 1.82) is 0 Å². The van der Waals surface area contributed by atoms with Crippen LogP contribution in [0.15, 0.2) is 6.20 Å². The predicted octanol–water partition coefficient (Wildman–Crippen LogP) is 1.26. The number of piperidine rings is 1. The number of aromatic nitrogens is 3. The molecule has 0 bridgehead atoms. The molecule has 1 aliphatic rings. The first-order valence-electron chi connectivity index (χ1n) is 7.11. The van der Waals surface area contributed by atoms with Gasteiger partial charge in [-0.05, 0) is 32.9 Å². The van der Waals surface area contributed by atoms with Gasteiger partial charge in [0, 0.05) is 25.3 Å². The molecule has 1 aromatic heterocycles. The summed E-state index contributed by atoms with van der Waals surface area (Å²) in [6.07, 6.45) is 7.41. The Morgan fingerprint density at radius 3 is 3.06 bits per heavy atom. The van der Waals surface area contributed by atoms with E-state index in [9.17, 15) is 0 Å². The summed E-state index contributed by atoms with van der Waals surface area (Å²) in [6.45, 7) is 6.38. The highest BCUT2D eigenvalue weighted by Gasteiger charge is 2.20. The van der Waals surface area contributed by atoms with E-state index in [1.165, 1.54) is 32.2 Å². The van der Waals surface area contributed by atoms with E-state index >= 15 is 0 Å². The monoisotopic (exact) mass is 251 g/mol. The van der Waals surface area contributed by atoms with Crippen LogP contribution < -0.4 is 5.32 Å². The minimum atomic E-state index is 0.777. The lowest BCUT2D eigenvalue weighted by Crippen LogP contribution is -2.40. The van der Waals surface area contributed by atoms with E-state index in [4.69, 9.17) is 0 Å². The van der Waals surface area contributed by atoms with Crippen molar-refractivity contribution in [3.63, 3.8) is 0 Å². The number of hydrogen-bond acceptors (Lipinski definition) is 4. The van der Waals surface area contributed by atoms with Gasteiger partial charge in [-0.3, -0.25) is 9.58 Å². The molecule has 5 heteroatoms. The zero-order valence-electron chi connectivity index (χ0n) is 11.6.